The van der Waals surface area contributed by atoms with Crippen LogP contribution < -0.4 is 5.32 Å². The molecule has 100 valence electrons. The van der Waals surface area contributed by atoms with E-state index < -0.39 is 0 Å². The molecule has 3 nitrogen and oxygen atoms in total. The van der Waals surface area contributed by atoms with E-state index in [1.807, 2.05) is 12.5 Å². The van der Waals surface area contributed by atoms with Crippen LogP contribution in [0.3, 0.4) is 0 Å². The summed E-state index contributed by atoms with van der Waals surface area (Å²) < 4.78 is 2.26. The van der Waals surface area contributed by atoms with Crippen molar-refractivity contribution in [3.8, 4) is 5.69 Å². The summed E-state index contributed by atoms with van der Waals surface area (Å²) in [5.74, 6) is 0.580. The third-order valence-electron chi connectivity index (χ3n) is 4.01. The molecule has 0 spiro atoms. The molecule has 19 heavy (non-hydrogen) atoms. The SMILES string of the molecule is Cc1ccc(C)c(-n2cncc2C2CCCNC2)c1. The van der Waals surface area contributed by atoms with Gasteiger partial charge in [0.1, 0.15) is 0 Å². The molecule has 0 aliphatic carbocycles. The molecule has 2 aromatic rings. The molecule has 0 radical (unpaired) electrons. The Morgan fingerprint density at radius 1 is 1.32 bits per heavy atom. The Morgan fingerprint density at radius 2 is 2.21 bits per heavy atom. The van der Waals surface area contributed by atoms with Crippen molar-refractivity contribution in [3.05, 3.63) is 47.5 Å². The number of hydrogen-bond acceptors (Lipinski definition) is 2. The zero-order valence-corrected chi connectivity index (χ0v) is 11.7. The second-order valence-electron chi connectivity index (χ2n) is 5.52. The first-order valence-electron chi connectivity index (χ1n) is 7.06. The van der Waals surface area contributed by atoms with E-state index in [1.54, 1.807) is 0 Å². The summed E-state index contributed by atoms with van der Waals surface area (Å²) in [6.07, 6.45) is 6.48. The van der Waals surface area contributed by atoms with Crippen LogP contribution in [0.15, 0.2) is 30.7 Å². The summed E-state index contributed by atoms with van der Waals surface area (Å²) in [5, 5.41) is 3.49. The lowest BCUT2D eigenvalue weighted by Crippen LogP contribution is -2.29. The lowest BCUT2D eigenvalue weighted by molar-refractivity contribution is 0.451. The first-order valence-corrected chi connectivity index (χ1v) is 7.06. The number of hydrogen-bond donors (Lipinski definition) is 1. The monoisotopic (exact) mass is 255 g/mol. The van der Waals surface area contributed by atoms with Crippen molar-refractivity contribution in [2.75, 3.05) is 13.1 Å². The molecule has 3 rings (SSSR count). The second kappa shape index (κ2) is 5.17. The number of rotatable bonds is 2. The van der Waals surface area contributed by atoms with E-state index in [4.69, 9.17) is 0 Å². The quantitative estimate of drug-likeness (QED) is 0.894. The fourth-order valence-electron chi connectivity index (χ4n) is 2.89. The van der Waals surface area contributed by atoms with E-state index >= 15 is 0 Å². The van der Waals surface area contributed by atoms with E-state index in [9.17, 15) is 0 Å². The number of aromatic nitrogens is 2. The maximum absolute atomic E-state index is 4.38. The molecular weight excluding hydrogens is 234 g/mol. The van der Waals surface area contributed by atoms with Crippen LogP contribution in [0.1, 0.15) is 35.6 Å². The predicted octanol–water partition coefficient (Wildman–Crippen LogP) is 2.96. The Kier molecular flexibility index (Phi) is 3.38. The first kappa shape index (κ1) is 12.4. The molecule has 3 heteroatoms. The van der Waals surface area contributed by atoms with Gasteiger partial charge >= 0.3 is 0 Å². The van der Waals surface area contributed by atoms with Crippen molar-refractivity contribution < 1.29 is 0 Å². The molecule has 1 aliphatic rings. The van der Waals surface area contributed by atoms with Crippen LogP contribution in [0.5, 0.6) is 0 Å². The minimum absolute atomic E-state index is 0.580. The van der Waals surface area contributed by atoms with Gasteiger partial charge in [-0.3, -0.25) is 0 Å². The highest BCUT2D eigenvalue weighted by Crippen LogP contribution is 2.26. The largest absolute Gasteiger partial charge is 0.316 e. The van der Waals surface area contributed by atoms with Crippen LogP contribution in [-0.4, -0.2) is 22.6 Å². The predicted molar refractivity (Wildman–Crippen MR) is 77.9 cm³/mol. The highest BCUT2D eigenvalue weighted by atomic mass is 15.1. The summed E-state index contributed by atoms with van der Waals surface area (Å²) in [5.41, 5.74) is 5.19. The molecule has 0 saturated carbocycles. The smallest absolute Gasteiger partial charge is 0.0994 e. The average molecular weight is 255 g/mol. The Balaban J connectivity index is 2.01. The van der Waals surface area contributed by atoms with Crippen molar-refractivity contribution in [3.63, 3.8) is 0 Å². The molecule has 0 bridgehead atoms. The van der Waals surface area contributed by atoms with Crippen LogP contribution in [0, 0.1) is 13.8 Å². The van der Waals surface area contributed by atoms with E-state index in [1.165, 1.54) is 35.3 Å². The Hall–Kier alpha value is -1.61. The van der Waals surface area contributed by atoms with Gasteiger partial charge in [-0.1, -0.05) is 12.1 Å². The number of nitrogens with zero attached hydrogens (tertiary/aromatic N) is 2. The van der Waals surface area contributed by atoms with Crippen molar-refractivity contribution >= 4 is 0 Å². The van der Waals surface area contributed by atoms with Gasteiger partial charge in [0.2, 0.25) is 0 Å². The Morgan fingerprint density at radius 3 is 3.00 bits per heavy atom. The summed E-state index contributed by atoms with van der Waals surface area (Å²) in [6.45, 7) is 6.52. The van der Waals surface area contributed by atoms with Gasteiger partial charge in [-0.15, -0.1) is 0 Å². The van der Waals surface area contributed by atoms with Gasteiger partial charge in [-0.25, -0.2) is 4.98 Å². The van der Waals surface area contributed by atoms with Gasteiger partial charge in [0.15, 0.2) is 0 Å². The molecule has 2 heterocycles. The lowest BCUT2D eigenvalue weighted by Gasteiger charge is -2.24. The molecule has 1 aliphatic heterocycles. The average Bonchev–Trinajstić information content (AvgIpc) is 2.91. The number of imidazole rings is 1. The highest BCUT2D eigenvalue weighted by molar-refractivity contribution is 5.44. The molecular formula is C16H21N3. The zero-order valence-electron chi connectivity index (χ0n) is 11.7. The van der Waals surface area contributed by atoms with Gasteiger partial charge < -0.3 is 9.88 Å². The molecule has 1 unspecified atom stereocenters. The first-order chi connectivity index (χ1) is 9.25. The van der Waals surface area contributed by atoms with E-state index in [-0.39, 0.29) is 0 Å². The molecule has 1 fully saturated rings. The molecule has 1 aromatic carbocycles. The highest BCUT2D eigenvalue weighted by Gasteiger charge is 2.19. The Bertz CT molecular complexity index is 565. The van der Waals surface area contributed by atoms with Crippen molar-refractivity contribution in [1.82, 2.24) is 14.9 Å². The van der Waals surface area contributed by atoms with Gasteiger partial charge in [0, 0.05) is 30.0 Å². The van der Waals surface area contributed by atoms with Gasteiger partial charge in [-0.05, 0) is 50.4 Å². The number of aryl methyl sites for hydroxylation is 2. The van der Waals surface area contributed by atoms with Crippen LogP contribution in [0.2, 0.25) is 0 Å². The van der Waals surface area contributed by atoms with Crippen LogP contribution in [0.4, 0.5) is 0 Å². The molecule has 1 aromatic heterocycles. The molecule has 1 saturated heterocycles. The number of piperidine rings is 1. The number of nitrogens with one attached hydrogen (secondary N) is 1. The van der Waals surface area contributed by atoms with E-state index in [0.717, 1.165) is 13.1 Å². The fourth-order valence-corrected chi connectivity index (χ4v) is 2.89. The van der Waals surface area contributed by atoms with E-state index in [2.05, 4.69) is 46.9 Å². The number of benzene rings is 1. The lowest BCUT2D eigenvalue weighted by atomic mass is 9.96. The van der Waals surface area contributed by atoms with Crippen molar-refractivity contribution in [2.24, 2.45) is 0 Å². The van der Waals surface area contributed by atoms with Crippen LogP contribution in [-0.2, 0) is 0 Å². The molecule has 0 amide bonds. The van der Waals surface area contributed by atoms with Gasteiger partial charge in [0.05, 0.1) is 6.33 Å². The molecule has 1 N–H and O–H groups in total. The maximum atomic E-state index is 4.38. The fraction of sp³-hybridized carbons (Fsp3) is 0.438. The zero-order chi connectivity index (χ0) is 13.2. The second-order valence-corrected chi connectivity index (χ2v) is 5.52. The summed E-state index contributed by atoms with van der Waals surface area (Å²) in [7, 11) is 0. The maximum Gasteiger partial charge on any atom is 0.0994 e. The van der Waals surface area contributed by atoms with Crippen molar-refractivity contribution in [2.45, 2.75) is 32.6 Å². The minimum atomic E-state index is 0.580. The van der Waals surface area contributed by atoms with E-state index in [0.29, 0.717) is 5.92 Å². The van der Waals surface area contributed by atoms with Crippen LogP contribution >= 0.6 is 0 Å². The summed E-state index contributed by atoms with van der Waals surface area (Å²) in [6, 6.07) is 6.60. The summed E-state index contributed by atoms with van der Waals surface area (Å²) >= 11 is 0. The topological polar surface area (TPSA) is 29.9 Å². The standard InChI is InChI=1S/C16H21N3/c1-12-5-6-13(2)15(8-12)19-11-18-10-16(19)14-4-3-7-17-9-14/h5-6,8,10-11,14,17H,3-4,7,9H2,1-2H3. The Labute approximate surface area is 114 Å². The third-order valence-corrected chi connectivity index (χ3v) is 4.01. The van der Waals surface area contributed by atoms with Crippen LogP contribution in [0.25, 0.3) is 5.69 Å². The summed E-state index contributed by atoms with van der Waals surface area (Å²) in [4.78, 5) is 4.38. The third kappa shape index (κ3) is 2.43. The normalized spacial score (nSPS) is 19.6. The van der Waals surface area contributed by atoms with Crippen molar-refractivity contribution in [1.29, 1.82) is 0 Å². The van der Waals surface area contributed by atoms with Gasteiger partial charge in [0.25, 0.3) is 0 Å². The van der Waals surface area contributed by atoms with Gasteiger partial charge in [-0.2, -0.15) is 0 Å². The molecule has 1 atom stereocenters. The minimum Gasteiger partial charge on any atom is -0.316 e.